The van der Waals surface area contributed by atoms with Crippen LogP contribution >= 0.6 is 22.9 Å². The number of thiazole rings is 1. The van der Waals surface area contributed by atoms with E-state index in [-0.39, 0.29) is 36.2 Å². The summed E-state index contributed by atoms with van der Waals surface area (Å²) in [6.45, 7) is 12.7. The molecule has 1 saturated heterocycles. The quantitative estimate of drug-likeness (QED) is 0.478. The topological polar surface area (TPSA) is 94.6 Å². The molecule has 192 valence electrons. The number of carbonyl (C=O) groups excluding carboxylic acids is 2. The van der Waals surface area contributed by atoms with Gasteiger partial charge < -0.3 is 20.6 Å². The largest absolute Gasteiger partial charge is 0.384 e. The van der Waals surface area contributed by atoms with Crippen molar-refractivity contribution < 1.29 is 14.7 Å². The molecule has 1 aromatic carbocycles. The summed E-state index contributed by atoms with van der Waals surface area (Å²) < 4.78 is 0. The minimum absolute atomic E-state index is 0.0457. The fraction of sp³-hybridized carbons (Fsp3) is 0.577. The van der Waals surface area contributed by atoms with Gasteiger partial charge in [0.1, 0.15) is 0 Å². The van der Waals surface area contributed by atoms with Crippen molar-refractivity contribution in [2.24, 2.45) is 11.3 Å². The number of piperidine rings is 1. The molecule has 3 N–H and O–H groups in total. The lowest BCUT2D eigenvalue weighted by atomic mass is 9.66. The van der Waals surface area contributed by atoms with Crippen molar-refractivity contribution in [3.05, 3.63) is 45.9 Å². The number of aromatic nitrogens is 1. The third-order valence-electron chi connectivity index (χ3n) is 6.92. The van der Waals surface area contributed by atoms with Gasteiger partial charge in [-0.15, -0.1) is 11.3 Å². The zero-order valence-electron chi connectivity index (χ0n) is 21.4. The van der Waals surface area contributed by atoms with Crippen LogP contribution in [-0.4, -0.2) is 52.0 Å². The highest BCUT2D eigenvalue weighted by Crippen LogP contribution is 2.46. The van der Waals surface area contributed by atoms with Crippen LogP contribution in [0.3, 0.4) is 0 Å². The summed E-state index contributed by atoms with van der Waals surface area (Å²) in [6.07, 6.45) is 0.689. The van der Waals surface area contributed by atoms with Gasteiger partial charge in [-0.05, 0) is 44.9 Å². The van der Waals surface area contributed by atoms with Crippen LogP contribution in [0.1, 0.15) is 59.2 Å². The number of hydrogen-bond acceptors (Lipinski definition) is 6. The molecule has 0 aliphatic carbocycles. The zero-order chi connectivity index (χ0) is 26.0. The Morgan fingerprint density at radius 1 is 1.20 bits per heavy atom. The smallest absolute Gasteiger partial charge is 0.227 e. The summed E-state index contributed by atoms with van der Waals surface area (Å²) in [7, 11) is 0. The number of benzene rings is 1. The van der Waals surface area contributed by atoms with E-state index < -0.39 is 11.0 Å². The second kappa shape index (κ2) is 10.8. The van der Waals surface area contributed by atoms with Crippen LogP contribution < -0.4 is 10.6 Å². The highest BCUT2D eigenvalue weighted by Gasteiger charge is 2.50. The fourth-order valence-corrected chi connectivity index (χ4v) is 5.52. The third kappa shape index (κ3) is 6.35. The summed E-state index contributed by atoms with van der Waals surface area (Å²) in [4.78, 5) is 31.7. The predicted octanol–water partition coefficient (Wildman–Crippen LogP) is 4.45. The molecule has 2 heterocycles. The molecular weight excluding hydrogens is 484 g/mol. The number of rotatable bonds is 8. The van der Waals surface area contributed by atoms with Crippen molar-refractivity contribution in [1.29, 1.82) is 0 Å². The Morgan fingerprint density at radius 3 is 2.46 bits per heavy atom. The van der Waals surface area contributed by atoms with Gasteiger partial charge >= 0.3 is 0 Å². The fourth-order valence-electron chi connectivity index (χ4n) is 4.58. The molecule has 3 rings (SSSR count). The normalized spacial score (nSPS) is 21.5. The number of likely N-dealkylation sites (tertiary alicyclic amines) is 1. The first-order chi connectivity index (χ1) is 16.3. The molecule has 1 unspecified atom stereocenters. The maximum Gasteiger partial charge on any atom is 0.227 e. The maximum atomic E-state index is 13.4. The first kappa shape index (κ1) is 27.4. The lowest BCUT2D eigenvalue weighted by molar-refractivity contribution is -0.156. The van der Waals surface area contributed by atoms with E-state index in [0.717, 1.165) is 5.56 Å². The Kier molecular flexibility index (Phi) is 8.50. The highest BCUT2D eigenvalue weighted by atomic mass is 35.5. The predicted molar refractivity (Wildman–Crippen MR) is 142 cm³/mol. The average molecular weight is 521 g/mol. The molecule has 0 saturated carbocycles. The molecule has 0 spiro atoms. The number of halogens is 1. The van der Waals surface area contributed by atoms with Gasteiger partial charge in [-0.3, -0.25) is 9.59 Å². The number of nitrogens with one attached hydrogen (secondary N) is 2. The van der Waals surface area contributed by atoms with Crippen molar-refractivity contribution in [2.45, 2.75) is 72.1 Å². The van der Waals surface area contributed by atoms with Crippen molar-refractivity contribution >= 4 is 39.9 Å². The van der Waals surface area contributed by atoms with E-state index in [1.165, 1.54) is 11.3 Å². The number of carbonyl (C=O) groups is 2. The molecule has 2 aromatic rings. The number of anilines is 1. The van der Waals surface area contributed by atoms with Crippen LogP contribution in [0.4, 0.5) is 5.13 Å². The number of aliphatic hydroxyl groups is 1. The SMILES string of the molecule is CC(C)NC(=O)Cc1csc(NC(C)[C@@H](C)C(=O)N2CC[C@](O)(c3ccc(Cl)cc3)C(C)(C)C2)n1. The van der Waals surface area contributed by atoms with Crippen molar-refractivity contribution in [3.63, 3.8) is 0 Å². The molecule has 0 bridgehead atoms. The van der Waals surface area contributed by atoms with Gasteiger partial charge in [0.25, 0.3) is 0 Å². The molecule has 1 aliphatic rings. The third-order valence-corrected chi connectivity index (χ3v) is 7.99. The van der Waals surface area contributed by atoms with Gasteiger partial charge in [0.15, 0.2) is 5.13 Å². The average Bonchev–Trinajstić information content (AvgIpc) is 3.20. The standard InChI is InChI=1S/C26H37ClN4O3S/c1-16(2)28-22(32)13-21-14-35-24(30-21)29-18(4)17(3)23(33)31-12-11-26(34,25(5,6)15-31)19-7-9-20(27)10-8-19/h7-10,14,16-18,34H,11-13,15H2,1-6H3,(H,28,32)(H,29,30)/t17-,18?,26+/m1/s1. The van der Waals surface area contributed by atoms with Gasteiger partial charge in [-0.25, -0.2) is 4.98 Å². The molecule has 1 fully saturated rings. The van der Waals surface area contributed by atoms with Crippen LogP contribution in [0, 0.1) is 11.3 Å². The Bertz CT molecular complexity index is 1040. The molecule has 0 radical (unpaired) electrons. The van der Waals surface area contributed by atoms with Crippen LogP contribution in [-0.2, 0) is 21.6 Å². The Balaban J connectivity index is 1.61. The zero-order valence-corrected chi connectivity index (χ0v) is 23.0. The van der Waals surface area contributed by atoms with Gasteiger partial charge in [-0.2, -0.15) is 0 Å². The van der Waals surface area contributed by atoms with E-state index in [1.54, 1.807) is 12.1 Å². The molecule has 1 aromatic heterocycles. The maximum absolute atomic E-state index is 13.4. The van der Waals surface area contributed by atoms with E-state index in [1.807, 2.05) is 64.0 Å². The van der Waals surface area contributed by atoms with Gasteiger partial charge in [0.05, 0.1) is 23.6 Å². The Hall–Kier alpha value is -2.16. The molecule has 1 aliphatic heterocycles. The second-order valence-electron chi connectivity index (χ2n) is 10.5. The monoisotopic (exact) mass is 520 g/mol. The molecule has 3 atom stereocenters. The molecule has 35 heavy (non-hydrogen) atoms. The molecule has 7 nitrogen and oxygen atoms in total. The second-order valence-corrected chi connectivity index (χ2v) is 11.8. The molecule has 9 heteroatoms. The van der Waals surface area contributed by atoms with Gasteiger partial charge in [-0.1, -0.05) is 44.5 Å². The Morgan fingerprint density at radius 2 is 1.86 bits per heavy atom. The summed E-state index contributed by atoms with van der Waals surface area (Å²) >= 11 is 7.47. The van der Waals surface area contributed by atoms with E-state index >= 15 is 0 Å². The number of hydrogen-bond donors (Lipinski definition) is 3. The van der Waals surface area contributed by atoms with Crippen LogP contribution in [0.25, 0.3) is 0 Å². The first-order valence-corrected chi connectivity index (χ1v) is 13.4. The van der Waals surface area contributed by atoms with E-state index in [0.29, 0.717) is 35.4 Å². The lowest BCUT2D eigenvalue weighted by Crippen LogP contribution is -2.58. The number of amides is 2. The minimum atomic E-state index is -1.04. The highest BCUT2D eigenvalue weighted by molar-refractivity contribution is 7.13. The summed E-state index contributed by atoms with van der Waals surface area (Å²) in [5.41, 5.74) is -0.0446. The van der Waals surface area contributed by atoms with Gasteiger partial charge in [0.2, 0.25) is 11.8 Å². The number of nitrogens with zero attached hydrogens (tertiary/aromatic N) is 2. The Labute approximate surface area is 217 Å². The lowest BCUT2D eigenvalue weighted by Gasteiger charge is -2.51. The van der Waals surface area contributed by atoms with E-state index in [2.05, 4.69) is 15.6 Å². The molecular formula is C26H37ClN4O3S. The summed E-state index contributed by atoms with van der Waals surface area (Å²) in [5.74, 6) is -0.298. The summed E-state index contributed by atoms with van der Waals surface area (Å²) in [5, 5.41) is 21.0. The summed E-state index contributed by atoms with van der Waals surface area (Å²) in [6, 6.07) is 7.26. The molecule has 2 amide bonds. The van der Waals surface area contributed by atoms with Crippen molar-refractivity contribution in [2.75, 3.05) is 18.4 Å². The van der Waals surface area contributed by atoms with Crippen LogP contribution in [0.2, 0.25) is 5.02 Å². The van der Waals surface area contributed by atoms with E-state index in [4.69, 9.17) is 11.6 Å². The van der Waals surface area contributed by atoms with Crippen LogP contribution in [0.15, 0.2) is 29.6 Å². The first-order valence-electron chi connectivity index (χ1n) is 12.1. The van der Waals surface area contributed by atoms with Crippen molar-refractivity contribution in [3.8, 4) is 0 Å². The van der Waals surface area contributed by atoms with E-state index in [9.17, 15) is 14.7 Å². The van der Waals surface area contributed by atoms with Crippen molar-refractivity contribution in [1.82, 2.24) is 15.2 Å². The minimum Gasteiger partial charge on any atom is -0.384 e. The van der Waals surface area contributed by atoms with Crippen LogP contribution in [0.5, 0.6) is 0 Å². The van der Waals surface area contributed by atoms with Gasteiger partial charge in [0, 0.05) is 41.0 Å².